The van der Waals surface area contributed by atoms with Crippen molar-refractivity contribution >= 4 is 65.4 Å². The quantitative estimate of drug-likeness (QED) is 0.176. The zero-order chi connectivity index (χ0) is 57.0. The second-order valence-electron chi connectivity index (χ2n) is 11.3. The van der Waals surface area contributed by atoms with Gasteiger partial charge in [-0.05, 0) is 65.6 Å². The first-order valence-electron chi connectivity index (χ1n) is 28.8. The molecule has 3 nitrogen and oxygen atoms in total. The van der Waals surface area contributed by atoms with E-state index in [-0.39, 0.29) is 16.8 Å². The molecular formula is C48H31N3. The zero-order valence-corrected chi connectivity index (χ0v) is 25.7. The van der Waals surface area contributed by atoms with Gasteiger partial charge in [-0.1, -0.05) is 133 Å². The average molecular weight is 677 g/mol. The molecule has 0 bridgehead atoms. The molecule has 3 heterocycles. The minimum atomic E-state index is -0.995. The zero-order valence-electron chi connectivity index (χ0n) is 52.7. The van der Waals surface area contributed by atoms with Gasteiger partial charge in [0.25, 0.3) is 0 Å². The molecule has 0 fully saturated rings. The fourth-order valence-electron chi connectivity index (χ4n) is 6.76. The Morgan fingerprint density at radius 2 is 0.863 bits per heavy atom. The molecule has 11 rings (SSSR count). The number of nitrogens with zero attached hydrogens (tertiary/aromatic N) is 3. The van der Waals surface area contributed by atoms with Crippen LogP contribution in [0.2, 0.25) is 0 Å². The van der Waals surface area contributed by atoms with Crippen molar-refractivity contribution in [1.82, 2.24) is 13.7 Å². The van der Waals surface area contributed by atoms with Gasteiger partial charge in [-0.2, -0.15) is 0 Å². The average Bonchev–Trinajstić information content (AvgIpc) is 4.09. The maximum atomic E-state index is 9.86. The van der Waals surface area contributed by atoms with E-state index in [2.05, 4.69) is 0 Å². The predicted molar refractivity (Wildman–Crippen MR) is 215 cm³/mol. The lowest BCUT2D eigenvalue weighted by molar-refractivity contribution is 1.14. The van der Waals surface area contributed by atoms with Crippen molar-refractivity contribution in [2.75, 3.05) is 0 Å². The summed E-state index contributed by atoms with van der Waals surface area (Å²) in [6, 6.07) is -17.1. The van der Waals surface area contributed by atoms with E-state index in [0.717, 1.165) is 13.7 Å². The smallest absolute Gasteiger partial charge is 0.0782 e. The van der Waals surface area contributed by atoms with E-state index in [1.807, 2.05) is 0 Å². The van der Waals surface area contributed by atoms with Gasteiger partial charge in [0.1, 0.15) is 0 Å². The van der Waals surface area contributed by atoms with Gasteiger partial charge in [0.05, 0.1) is 81.5 Å². The summed E-state index contributed by atoms with van der Waals surface area (Å²) < 4.78 is 248. The van der Waals surface area contributed by atoms with Crippen LogP contribution in [0.4, 0.5) is 0 Å². The van der Waals surface area contributed by atoms with E-state index in [0.29, 0.717) is 0 Å². The number of hydrogen-bond acceptors (Lipinski definition) is 0. The van der Waals surface area contributed by atoms with Crippen LogP contribution in [0.15, 0.2) is 187 Å². The minimum absolute atomic E-state index is 0.0161. The van der Waals surface area contributed by atoms with Crippen molar-refractivity contribution in [2.24, 2.45) is 0 Å². The first kappa shape index (κ1) is 12.5. The van der Waals surface area contributed by atoms with Crippen molar-refractivity contribution in [3.05, 3.63) is 187 Å². The van der Waals surface area contributed by atoms with Crippen molar-refractivity contribution in [3.63, 3.8) is 0 Å². The van der Waals surface area contributed by atoms with Gasteiger partial charge in [-0.25, -0.2) is 0 Å². The molecule has 51 heavy (non-hydrogen) atoms. The molecule has 3 heteroatoms. The summed E-state index contributed by atoms with van der Waals surface area (Å²) in [5.41, 5.74) is -5.25. The van der Waals surface area contributed by atoms with Crippen LogP contribution in [-0.4, -0.2) is 13.7 Å². The number of para-hydroxylation sites is 5. The summed E-state index contributed by atoms with van der Waals surface area (Å²) in [4.78, 5) is 0. The molecule has 0 aliphatic carbocycles. The van der Waals surface area contributed by atoms with Crippen LogP contribution in [0.3, 0.4) is 0 Å². The van der Waals surface area contributed by atoms with Gasteiger partial charge in [-0.15, -0.1) is 0 Å². The number of hydrogen-bond donors (Lipinski definition) is 0. The van der Waals surface area contributed by atoms with Crippen molar-refractivity contribution in [3.8, 4) is 28.2 Å². The standard InChI is InChI=1S/C48H31N3/c1-2-15-32(16-3-1)33-17-12-18-34(31-33)49-43-27-11-7-22-39(43)47-44(49)28-14-29-45(47)51-42-26-10-6-21-37(42)38-23-13-30-46(48(38)51)50-40-24-8-4-19-35(40)36-20-5-9-25-41(36)50/h1-31H/i1D,2D,3D,4D,5D,6D,7D,8D,9D,10D,11D,13D,14D,15D,16D,19D,20D,21D,22D,23D,24D,25D,26D,27D,28D,29D,30D. The SMILES string of the molecule is [2H]c1c([2H])c([2H])c(-c2cccc(-n3c4c([2H])c([2H])c([2H])c([2H])c4c4c(-n5c6c([2H])c([2H])c([2H])c([2H])c6c6c([2H])c([2H])c([2H])c(-n7c8c([2H])c([2H])c([2H])c([2H])c8c8c([2H])c([2H])c([2H])c([2H])c87)c65)c([2H])c([2H])c([2H])c43)c2)c([2H])c1[2H]. The van der Waals surface area contributed by atoms with Crippen molar-refractivity contribution in [1.29, 1.82) is 0 Å². The number of rotatable bonds is 4. The van der Waals surface area contributed by atoms with Gasteiger partial charge in [-0.3, -0.25) is 0 Å². The Labute approximate surface area is 332 Å². The Balaban J connectivity index is 1.47. The summed E-state index contributed by atoms with van der Waals surface area (Å²) in [5.74, 6) is 0. The third-order valence-corrected chi connectivity index (χ3v) is 8.77. The van der Waals surface area contributed by atoms with E-state index in [1.54, 1.807) is 0 Å². The maximum absolute atomic E-state index is 9.86. The molecular weight excluding hydrogens is 619 g/mol. The van der Waals surface area contributed by atoms with E-state index in [4.69, 9.17) is 20.6 Å². The number of aromatic nitrogens is 3. The predicted octanol–water partition coefficient (Wildman–Crippen LogP) is 12.6. The first-order valence-corrected chi connectivity index (χ1v) is 15.3. The highest BCUT2D eigenvalue weighted by Crippen LogP contribution is 2.43. The highest BCUT2D eigenvalue weighted by Gasteiger charge is 2.23. The third kappa shape index (κ3) is 4.00. The van der Waals surface area contributed by atoms with E-state index < -0.39 is 240 Å². The van der Waals surface area contributed by atoms with E-state index in [9.17, 15) is 16.4 Å². The molecule has 0 radical (unpaired) electrons. The molecule has 3 aromatic heterocycles. The highest BCUT2D eigenvalue weighted by atomic mass is 15.1. The summed E-state index contributed by atoms with van der Waals surface area (Å²) in [7, 11) is 0. The molecule has 0 aliphatic rings. The lowest BCUT2D eigenvalue weighted by Crippen LogP contribution is -2.01. The van der Waals surface area contributed by atoms with Crippen LogP contribution in [0.1, 0.15) is 37.0 Å². The van der Waals surface area contributed by atoms with Gasteiger partial charge < -0.3 is 13.7 Å². The van der Waals surface area contributed by atoms with Crippen LogP contribution in [0, 0.1) is 0 Å². The summed E-state index contributed by atoms with van der Waals surface area (Å²) in [6.07, 6.45) is 0. The highest BCUT2D eigenvalue weighted by molar-refractivity contribution is 6.18. The van der Waals surface area contributed by atoms with Crippen LogP contribution >= 0.6 is 0 Å². The van der Waals surface area contributed by atoms with Crippen LogP contribution in [-0.2, 0) is 0 Å². The van der Waals surface area contributed by atoms with Gasteiger partial charge >= 0.3 is 0 Å². The second kappa shape index (κ2) is 10.8. The molecule has 0 aliphatic heterocycles. The molecule has 8 aromatic carbocycles. The molecule has 0 saturated carbocycles. The lowest BCUT2D eigenvalue weighted by Gasteiger charge is -2.15. The first-order chi connectivity index (χ1) is 36.6. The molecule has 11 aromatic rings. The molecule has 0 amide bonds. The molecule has 0 N–H and O–H groups in total. The fraction of sp³-hybridized carbons (Fsp3) is 0. The topological polar surface area (TPSA) is 14.8 Å². The molecule has 0 spiro atoms. The van der Waals surface area contributed by atoms with Gasteiger partial charge in [0.2, 0.25) is 0 Å². The normalized spacial score (nSPS) is 19.3. The summed E-state index contributed by atoms with van der Waals surface area (Å²) >= 11 is 0. The van der Waals surface area contributed by atoms with E-state index in [1.165, 1.54) is 24.3 Å². The summed E-state index contributed by atoms with van der Waals surface area (Å²) in [5, 5.41) is -3.11. The Morgan fingerprint density at radius 3 is 1.57 bits per heavy atom. The molecule has 0 unspecified atom stereocenters. The summed E-state index contributed by atoms with van der Waals surface area (Å²) in [6.45, 7) is 0. The Bertz CT molecular complexity index is 4600. The van der Waals surface area contributed by atoms with Crippen molar-refractivity contribution < 1.29 is 37.0 Å². The molecule has 0 atom stereocenters. The van der Waals surface area contributed by atoms with Crippen LogP contribution in [0.5, 0.6) is 0 Å². The Morgan fingerprint density at radius 1 is 0.353 bits per heavy atom. The Hall–Kier alpha value is -6.84. The number of fused-ring (bicyclic) bond motifs is 9. The third-order valence-electron chi connectivity index (χ3n) is 8.77. The van der Waals surface area contributed by atoms with Crippen LogP contribution in [0.25, 0.3) is 93.6 Å². The van der Waals surface area contributed by atoms with E-state index >= 15 is 0 Å². The Kier molecular flexibility index (Phi) is 2.65. The minimum Gasteiger partial charge on any atom is -0.309 e. The number of benzene rings is 8. The van der Waals surface area contributed by atoms with Gasteiger partial charge in [0, 0.05) is 38.0 Å². The fourth-order valence-corrected chi connectivity index (χ4v) is 6.76. The van der Waals surface area contributed by atoms with Gasteiger partial charge in [0.15, 0.2) is 0 Å². The van der Waals surface area contributed by atoms with Crippen molar-refractivity contribution in [2.45, 2.75) is 0 Å². The molecule has 0 saturated heterocycles. The largest absolute Gasteiger partial charge is 0.309 e. The monoisotopic (exact) mass is 676 g/mol. The molecule has 238 valence electrons. The second-order valence-corrected chi connectivity index (χ2v) is 11.3. The maximum Gasteiger partial charge on any atom is 0.0782 e. The lowest BCUT2D eigenvalue weighted by atomic mass is 10.1. The van der Waals surface area contributed by atoms with Crippen LogP contribution < -0.4 is 0 Å².